The predicted octanol–water partition coefficient (Wildman–Crippen LogP) is 3.49. The highest BCUT2D eigenvalue weighted by Gasteiger charge is 2.50. The van der Waals surface area contributed by atoms with Crippen LogP contribution in [0.2, 0.25) is 0 Å². The number of carbonyl (C=O) groups is 1. The number of pyridine rings is 1. The van der Waals surface area contributed by atoms with E-state index in [0.717, 1.165) is 28.3 Å². The van der Waals surface area contributed by atoms with Crippen molar-refractivity contribution in [3.8, 4) is 11.8 Å². The third kappa shape index (κ3) is 3.40. The highest BCUT2D eigenvalue weighted by atomic mass is 32.1. The first-order valence-electron chi connectivity index (χ1n) is 11.3. The van der Waals surface area contributed by atoms with Gasteiger partial charge in [-0.3, -0.25) is 4.79 Å². The number of nitrogens with zero attached hydrogens (tertiary/aromatic N) is 7. The number of nitrogens with one attached hydrogen (secondary N) is 1. The summed E-state index contributed by atoms with van der Waals surface area (Å²) in [5.41, 5.74) is 2.33. The molecule has 1 saturated carbocycles. The summed E-state index contributed by atoms with van der Waals surface area (Å²) in [4.78, 5) is 27.4. The van der Waals surface area contributed by atoms with Crippen molar-refractivity contribution in [2.45, 2.75) is 31.8 Å². The fourth-order valence-electron chi connectivity index (χ4n) is 5.19. The van der Waals surface area contributed by atoms with Gasteiger partial charge in [0, 0.05) is 18.8 Å². The van der Waals surface area contributed by atoms with Gasteiger partial charge in [0.1, 0.15) is 10.3 Å². The first-order chi connectivity index (χ1) is 16.6. The summed E-state index contributed by atoms with van der Waals surface area (Å²) in [6, 6.07) is 11.3. The van der Waals surface area contributed by atoms with Crippen molar-refractivity contribution in [3.05, 3.63) is 60.0 Å². The van der Waals surface area contributed by atoms with Gasteiger partial charge in [-0.25, -0.2) is 9.97 Å². The molecular weight excluding hydrogens is 448 g/mol. The van der Waals surface area contributed by atoms with E-state index in [0.29, 0.717) is 35.2 Å². The minimum absolute atomic E-state index is 0.00847. The summed E-state index contributed by atoms with van der Waals surface area (Å²) in [6.45, 7) is 2.83. The number of carbonyl (C=O) groups excluding carboxylic acids is 1. The molecule has 1 aliphatic carbocycles. The van der Waals surface area contributed by atoms with Crippen molar-refractivity contribution in [1.82, 2.24) is 29.9 Å². The number of anilines is 1. The average Bonchev–Trinajstić information content (AvgIpc) is 3.51. The lowest BCUT2D eigenvalue weighted by Crippen LogP contribution is -2.64. The molecular formula is C24H22N8OS. The van der Waals surface area contributed by atoms with Crippen molar-refractivity contribution in [3.63, 3.8) is 0 Å². The van der Waals surface area contributed by atoms with Gasteiger partial charge in [-0.05, 0) is 55.0 Å². The molecule has 2 bridgehead atoms. The summed E-state index contributed by atoms with van der Waals surface area (Å²) < 4.78 is 0. The number of benzene rings is 1. The maximum Gasteiger partial charge on any atom is 0.256 e. The van der Waals surface area contributed by atoms with Gasteiger partial charge in [-0.2, -0.15) is 20.3 Å². The monoisotopic (exact) mass is 470 g/mol. The maximum atomic E-state index is 14.0. The second kappa shape index (κ2) is 8.18. The van der Waals surface area contributed by atoms with Gasteiger partial charge in [0.15, 0.2) is 5.13 Å². The number of piperidine rings is 2. The zero-order valence-electron chi connectivity index (χ0n) is 18.5. The zero-order chi connectivity index (χ0) is 23.2. The van der Waals surface area contributed by atoms with E-state index in [-0.39, 0.29) is 18.0 Å². The van der Waals surface area contributed by atoms with Crippen LogP contribution in [0.25, 0.3) is 16.0 Å². The van der Waals surface area contributed by atoms with Crippen molar-refractivity contribution >= 4 is 32.7 Å². The first kappa shape index (κ1) is 20.7. The minimum atomic E-state index is -0.0860. The Morgan fingerprint density at radius 1 is 1.24 bits per heavy atom. The SMILES string of the molecule is C[C@@H]1C2CC(C2)N(C(=O)c2cc(C#N)ccc2-n2nccn2)C1CNc1nc2cccnc2s1. The normalized spacial score (nSPS) is 23.4. The topological polar surface area (TPSA) is 113 Å². The molecule has 1 unspecified atom stereocenters. The van der Waals surface area contributed by atoms with E-state index in [1.54, 1.807) is 36.8 Å². The number of nitriles is 1. The first-order valence-corrected chi connectivity index (χ1v) is 12.1. The van der Waals surface area contributed by atoms with Gasteiger partial charge >= 0.3 is 0 Å². The molecule has 2 aliphatic heterocycles. The number of thiazole rings is 1. The molecule has 3 aromatic heterocycles. The molecule has 9 nitrogen and oxygen atoms in total. The van der Waals surface area contributed by atoms with Crippen LogP contribution in [0.3, 0.4) is 0 Å². The maximum absolute atomic E-state index is 14.0. The number of hydrogen-bond acceptors (Lipinski definition) is 8. The molecule has 170 valence electrons. The molecule has 2 saturated heterocycles. The van der Waals surface area contributed by atoms with Crippen molar-refractivity contribution in [2.75, 3.05) is 11.9 Å². The number of amides is 1. The average molecular weight is 471 g/mol. The van der Waals surface area contributed by atoms with Gasteiger partial charge in [-0.1, -0.05) is 18.3 Å². The highest BCUT2D eigenvalue weighted by molar-refractivity contribution is 7.21. The lowest BCUT2D eigenvalue weighted by atomic mass is 9.64. The van der Waals surface area contributed by atoms with Crippen LogP contribution in [0.5, 0.6) is 0 Å². The van der Waals surface area contributed by atoms with Gasteiger partial charge < -0.3 is 10.2 Å². The molecule has 2 atom stereocenters. The van der Waals surface area contributed by atoms with Gasteiger partial charge in [0.05, 0.1) is 41.3 Å². The van der Waals surface area contributed by atoms with E-state index >= 15 is 0 Å². The lowest BCUT2D eigenvalue weighted by molar-refractivity contribution is -0.0502. The molecule has 34 heavy (non-hydrogen) atoms. The predicted molar refractivity (Wildman–Crippen MR) is 128 cm³/mol. The summed E-state index contributed by atoms with van der Waals surface area (Å²) >= 11 is 1.52. The third-order valence-electron chi connectivity index (χ3n) is 7.10. The Morgan fingerprint density at radius 2 is 2.06 bits per heavy atom. The molecule has 10 heteroatoms. The summed E-state index contributed by atoms with van der Waals surface area (Å²) in [6.07, 6.45) is 6.95. The Labute approximate surface area is 200 Å². The summed E-state index contributed by atoms with van der Waals surface area (Å²) in [5.74, 6) is 0.882. The fourth-order valence-corrected chi connectivity index (χ4v) is 6.01. The molecule has 3 fully saturated rings. The fraction of sp³-hybridized carbons (Fsp3) is 0.333. The van der Waals surface area contributed by atoms with Gasteiger partial charge in [0.25, 0.3) is 5.91 Å². The smallest absolute Gasteiger partial charge is 0.256 e. The van der Waals surface area contributed by atoms with Crippen LogP contribution in [-0.4, -0.2) is 54.4 Å². The largest absolute Gasteiger partial charge is 0.359 e. The van der Waals surface area contributed by atoms with Crippen LogP contribution >= 0.6 is 11.3 Å². The molecule has 7 rings (SSSR count). The molecule has 4 aromatic rings. The quantitative estimate of drug-likeness (QED) is 0.475. The van der Waals surface area contributed by atoms with Crippen LogP contribution in [0.4, 0.5) is 5.13 Å². The van der Waals surface area contributed by atoms with Gasteiger partial charge in [0.2, 0.25) is 0 Å². The number of hydrogen-bond donors (Lipinski definition) is 1. The summed E-state index contributed by atoms with van der Waals surface area (Å²) in [7, 11) is 0. The molecule has 1 N–H and O–H groups in total. The number of fused-ring (bicyclic) bond motifs is 3. The zero-order valence-corrected chi connectivity index (χ0v) is 19.3. The Balaban J connectivity index is 1.32. The molecule has 0 spiro atoms. The van der Waals surface area contributed by atoms with Crippen molar-refractivity contribution < 1.29 is 4.79 Å². The second-order valence-corrected chi connectivity index (χ2v) is 9.89. The standard InChI is InChI=1S/C24H22N8OS/c1-14-16-10-17(11-16)31(21(14)13-27-24-30-19-3-2-6-26-22(19)34-24)23(33)18-9-15(12-25)4-5-20(18)32-28-7-8-29-32/h2-9,14,16-17,21H,10-11,13H2,1H3,(H,27,30)/t14-,16?,17?,21?/m1/s1. The van der Waals surface area contributed by atoms with Crippen LogP contribution in [-0.2, 0) is 0 Å². The molecule has 1 aromatic carbocycles. The molecule has 5 heterocycles. The molecule has 3 aliphatic rings. The van der Waals surface area contributed by atoms with Crippen LogP contribution in [0.15, 0.2) is 48.9 Å². The number of aromatic nitrogens is 5. The second-order valence-electron chi connectivity index (χ2n) is 8.91. The van der Waals surface area contributed by atoms with E-state index in [1.165, 1.54) is 16.1 Å². The van der Waals surface area contributed by atoms with Crippen LogP contribution in [0, 0.1) is 23.2 Å². The van der Waals surface area contributed by atoms with Crippen LogP contribution < -0.4 is 5.32 Å². The van der Waals surface area contributed by atoms with E-state index in [1.807, 2.05) is 17.0 Å². The minimum Gasteiger partial charge on any atom is -0.359 e. The summed E-state index contributed by atoms with van der Waals surface area (Å²) in [5, 5.41) is 22.2. The van der Waals surface area contributed by atoms with E-state index < -0.39 is 0 Å². The molecule has 1 amide bonds. The Hall–Kier alpha value is -3.84. The molecule has 0 radical (unpaired) electrons. The van der Waals surface area contributed by atoms with E-state index in [9.17, 15) is 10.1 Å². The number of rotatable bonds is 5. The van der Waals surface area contributed by atoms with Gasteiger partial charge in [-0.15, -0.1) is 0 Å². The Kier molecular flexibility index (Phi) is 4.99. The van der Waals surface area contributed by atoms with E-state index in [4.69, 9.17) is 0 Å². The Bertz CT molecular complexity index is 1370. The highest BCUT2D eigenvalue weighted by Crippen LogP contribution is 2.47. The lowest BCUT2D eigenvalue weighted by Gasteiger charge is -2.57. The van der Waals surface area contributed by atoms with Crippen molar-refractivity contribution in [2.24, 2.45) is 11.8 Å². The van der Waals surface area contributed by atoms with E-state index in [2.05, 4.69) is 38.5 Å². The Morgan fingerprint density at radius 3 is 2.82 bits per heavy atom. The third-order valence-corrected chi connectivity index (χ3v) is 8.04. The van der Waals surface area contributed by atoms with Crippen molar-refractivity contribution in [1.29, 1.82) is 5.26 Å². The van der Waals surface area contributed by atoms with Crippen LogP contribution in [0.1, 0.15) is 35.7 Å².